The van der Waals surface area contributed by atoms with Crippen molar-refractivity contribution in [2.45, 2.75) is 25.1 Å². The molecule has 14 heavy (non-hydrogen) atoms. The van der Waals surface area contributed by atoms with Crippen molar-refractivity contribution in [1.29, 1.82) is 0 Å². The largest absolute Gasteiger partial charge is 0.247 e. The van der Waals surface area contributed by atoms with Crippen LogP contribution in [0.3, 0.4) is 0 Å². The summed E-state index contributed by atoms with van der Waals surface area (Å²) in [7, 11) is 0. The van der Waals surface area contributed by atoms with E-state index in [1.165, 1.54) is 0 Å². The van der Waals surface area contributed by atoms with Crippen molar-refractivity contribution >= 4 is 0 Å². The van der Waals surface area contributed by atoms with Gasteiger partial charge in [0.25, 0.3) is 0 Å². The SMILES string of the molecule is [N-]=[N+]=N[C@H]1c2ccccc2CC[C@H]1F. The van der Waals surface area contributed by atoms with Crippen molar-refractivity contribution in [2.24, 2.45) is 5.11 Å². The number of halogens is 1. The minimum Gasteiger partial charge on any atom is -0.247 e. The third kappa shape index (κ3) is 1.44. The molecule has 0 radical (unpaired) electrons. The van der Waals surface area contributed by atoms with E-state index in [1.807, 2.05) is 24.3 Å². The van der Waals surface area contributed by atoms with E-state index in [1.54, 1.807) is 0 Å². The third-order valence-electron chi connectivity index (χ3n) is 2.58. The number of nitrogens with zero attached hydrogens (tertiary/aromatic N) is 3. The lowest BCUT2D eigenvalue weighted by atomic mass is 9.87. The van der Waals surface area contributed by atoms with Gasteiger partial charge in [-0.25, -0.2) is 4.39 Å². The minimum atomic E-state index is -1.04. The summed E-state index contributed by atoms with van der Waals surface area (Å²) in [6.07, 6.45) is 0.135. The molecule has 1 aromatic rings. The number of rotatable bonds is 1. The standard InChI is InChI=1S/C10H10FN3/c11-9-6-5-7-3-1-2-4-8(7)10(9)13-14-12/h1-4,9-10H,5-6H2/t9-,10+/m1/s1. The Kier molecular flexibility index (Phi) is 2.37. The van der Waals surface area contributed by atoms with Gasteiger partial charge < -0.3 is 0 Å². The molecule has 0 aromatic heterocycles. The van der Waals surface area contributed by atoms with E-state index in [4.69, 9.17) is 5.53 Å². The molecule has 0 spiro atoms. The van der Waals surface area contributed by atoms with Crippen molar-refractivity contribution in [3.63, 3.8) is 0 Å². The molecule has 0 N–H and O–H groups in total. The molecule has 0 unspecified atom stereocenters. The summed E-state index contributed by atoms with van der Waals surface area (Å²) in [6, 6.07) is 6.92. The molecule has 1 aromatic carbocycles. The predicted molar refractivity (Wildman–Crippen MR) is 51.5 cm³/mol. The fourth-order valence-corrected chi connectivity index (χ4v) is 1.89. The molecule has 0 saturated heterocycles. The Labute approximate surface area is 81.2 Å². The Balaban J connectivity index is 2.45. The molecular formula is C10H10FN3. The summed E-state index contributed by atoms with van der Waals surface area (Å²) >= 11 is 0. The van der Waals surface area contributed by atoms with Crippen LogP contribution in [-0.2, 0) is 6.42 Å². The van der Waals surface area contributed by atoms with Gasteiger partial charge in [0.1, 0.15) is 6.17 Å². The fourth-order valence-electron chi connectivity index (χ4n) is 1.89. The Morgan fingerprint density at radius 1 is 1.43 bits per heavy atom. The van der Waals surface area contributed by atoms with Crippen LogP contribution in [0.15, 0.2) is 29.4 Å². The van der Waals surface area contributed by atoms with E-state index in [-0.39, 0.29) is 0 Å². The summed E-state index contributed by atoms with van der Waals surface area (Å²) in [4.78, 5) is 2.69. The van der Waals surface area contributed by atoms with Gasteiger partial charge in [-0.15, -0.1) is 0 Å². The molecule has 2 atom stereocenters. The van der Waals surface area contributed by atoms with Gasteiger partial charge in [0.2, 0.25) is 0 Å². The maximum atomic E-state index is 13.4. The zero-order valence-electron chi connectivity index (χ0n) is 7.60. The first-order chi connectivity index (χ1) is 6.83. The summed E-state index contributed by atoms with van der Waals surface area (Å²) in [5.41, 5.74) is 10.3. The van der Waals surface area contributed by atoms with Crippen molar-refractivity contribution in [1.82, 2.24) is 0 Å². The van der Waals surface area contributed by atoms with Crippen molar-refractivity contribution in [3.05, 3.63) is 45.8 Å². The Hall–Kier alpha value is -1.54. The lowest BCUT2D eigenvalue weighted by Crippen LogP contribution is -2.19. The molecule has 0 aliphatic heterocycles. The maximum Gasteiger partial charge on any atom is 0.113 e. The topological polar surface area (TPSA) is 48.8 Å². The van der Waals surface area contributed by atoms with Crippen LogP contribution in [0.25, 0.3) is 10.4 Å². The minimum absolute atomic E-state index is 0.445. The first-order valence-corrected chi connectivity index (χ1v) is 4.59. The summed E-state index contributed by atoms with van der Waals surface area (Å²) in [5.74, 6) is 0. The van der Waals surface area contributed by atoms with Gasteiger partial charge in [0.05, 0.1) is 6.04 Å². The highest BCUT2D eigenvalue weighted by Gasteiger charge is 2.27. The molecule has 0 heterocycles. The first kappa shape index (κ1) is 9.03. The lowest BCUT2D eigenvalue weighted by Gasteiger charge is -2.24. The smallest absolute Gasteiger partial charge is 0.113 e. The number of alkyl halides is 1. The average Bonchev–Trinajstić information content (AvgIpc) is 2.23. The van der Waals surface area contributed by atoms with E-state index in [0.717, 1.165) is 17.5 Å². The van der Waals surface area contributed by atoms with E-state index in [0.29, 0.717) is 6.42 Å². The second-order valence-corrected chi connectivity index (χ2v) is 3.40. The number of aryl methyl sites for hydroxylation is 1. The van der Waals surface area contributed by atoms with Crippen LogP contribution in [0, 0.1) is 0 Å². The molecule has 3 nitrogen and oxygen atoms in total. The molecule has 0 bridgehead atoms. The molecule has 0 fully saturated rings. The van der Waals surface area contributed by atoms with Crippen LogP contribution in [0.2, 0.25) is 0 Å². The van der Waals surface area contributed by atoms with Crippen LogP contribution >= 0.6 is 0 Å². The predicted octanol–water partition coefficient (Wildman–Crippen LogP) is 3.32. The van der Waals surface area contributed by atoms with Crippen LogP contribution in [-0.4, -0.2) is 6.17 Å². The van der Waals surface area contributed by atoms with Gasteiger partial charge in [-0.1, -0.05) is 29.4 Å². The van der Waals surface area contributed by atoms with Gasteiger partial charge >= 0.3 is 0 Å². The van der Waals surface area contributed by atoms with E-state index < -0.39 is 12.2 Å². The van der Waals surface area contributed by atoms with Crippen LogP contribution in [0.5, 0.6) is 0 Å². The van der Waals surface area contributed by atoms with Gasteiger partial charge in [-0.05, 0) is 29.5 Å². The molecule has 0 amide bonds. The van der Waals surface area contributed by atoms with Crippen molar-refractivity contribution in [2.75, 3.05) is 0 Å². The monoisotopic (exact) mass is 191 g/mol. The molecule has 1 aliphatic carbocycles. The maximum absolute atomic E-state index is 13.4. The highest BCUT2D eigenvalue weighted by molar-refractivity contribution is 5.33. The Morgan fingerprint density at radius 2 is 2.21 bits per heavy atom. The molecule has 1 aliphatic rings. The van der Waals surface area contributed by atoms with Gasteiger partial charge in [-0.2, -0.15) is 0 Å². The second kappa shape index (κ2) is 3.68. The van der Waals surface area contributed by atoms with Gasteiger partial charge in [-0.3, -0.25) is 0 Å². The second-order valence-electron chi connectivity index (χ2n) is 3.40. The zero-order chi connectivity index (χ0) is 9.97. The number of hydrogen-bond donors (Lipinski definition) is 0. The Morgan fingerprint density at radius 3 is 3.00 bits per heavy atom. The molecule has 72 valence electrons. The summed E-state index contributed by atoms with van der Waals surface area (Å²) < 4.78 is 13.4. The molecule has 2 rings (SSSR count). The van der Waals surface area contributed by atoms with Crippen molar-refractivity contribution < 1.29 is 4.39 Å². The van der Waals surface area contributed by atoms with Crippen LogP contribution in [0.4, 0.5) is 4.39 Å². The van der Waals surface area contributed by atoms with Gasteiger partial charge in [0.15, 0.2) is 0 Å². The molecular weight excluding hydrogens is 181 g/mol. The van der Waals surface area contributed by atoms with Crippen LogP contribution < -0.4 is 0 Å². The third-order valence-corrected chi connectivity index (χ3v) is 2.58. The molecule has 0 saturated carbocycles. The van der Waals surface area contributed by atoms with E-state index in [9.17, 15) is 4.39 Å². The highest BCUT2D eigenvalue weighted by atomic mass is 19.1. The number of hydrogen-bond acceptors (Lipinski definition) is 1. The fraction of sp³-hybridized carbons (Fsp3) is 0.400. The normalized spacial score (nSPS) is 24.9. The van der Waals surface area contributed by atoms with Gasteiger partial charge in [0, 0.05) is 4.91 Å². The zero-order valence-corrected chi connectivity index (χ0v) is 7.60. The number of fused-ring (bicyclic) bond motifs is 1. The number of benzene rings is 1. The first-order valence-electron chi connectivity index (χ1n) is 4.59. The summed E-state index contributed by atoms with van der Waals surface area (Å²) in [5, 5.41) is 3.51. The quantitative estimate of drug-likeness (QED) is 0.371. The number of azide groups is 1. The summed E-state index contributed by atoms with van der Waals surface area (Å²) in [6.45, 7) is 0. The van der Waals surface area contributed by atoms with Crippen LogP contribution in [0.1, 0.15) is 23.6 Å². The van der Waals surface area contributed by atoms with Crippen molar-refractivity contribution in [3.8, 4) is 0 Å². The van der Waals surface area contributed by atoms with E-state index >= 15 is 0 Å². The highest BCUT2D eigenvalue weighted by Crippen LogP contribution is 2.34. The molecule has 4 heteroatoms. The Bertz CT molecular complexity index is 385. The average molecular weight is 191 g/mol. The van der Waals surface area contributed by atoms with E-state index in [2.05, 4.69) is 10.0 Å². The lowest BCUT2D eigenvalue weighted by molar-refractivity contribution is 0.255.